The van der Waals surface area contributed by atoms with Gasteiger partial charge in [0.2, 0.25) is 0 Å². The second kappa shape index (κ2) is 9.89. The molecule has 4 rings (SSSR count). The molecule has 3 heterocycles. The van der Waals surface area contributed by atoms with Crippen molar-refractivity contribution in [3.05, 3.63) is 59.0 Å². The van der Waals surface area contributed by atoms with Gasteiger partial charge in [-0.15, -0.1) is 0 Å². The molecule has 6 nitrogen and oxygen atoms in total. The summed E-state index contributed by atoms with van der Waals surface area (Å²) in [6.45, 7) is 7.46. The van der Waals surface area contributed by atoms with E-state index in [9.17, 15) is 14.0 Å². The Morgan fingerprint density at radius 2 is 1.97 bits per heavy atom. The van der Waals surface area contributed by atoms with Gasteiger partial charge >= 0.3 is 0 Å². The predicted octanol–water partition coefficient (Wildman–Crippen LogP) is 6.88. The number of aryl methyl sites for hydroxylation is 1. The molecule has 0 saturated carbocycles. The molecule has 1 aromatic carbocycles. The number of hydrogen-bond donors (Lipinski definition) is 0. The van der Waals surface area contributed by atoms with E-state index in [1.807, 2.05) is 6.07 Å². The van der Waals surface area contributed by atoms with Crippen molar-refractivity contribution < 1.29 is 13.5 Å². The van der Waals surface area contributed by atoms with Gasteiger partial charge in [0.05, 0.1) is 17.3 Å². The minimum atomic E-state index is -2.79. The number of hydrogen-bond acceptors (Lipinski definition) is 4. The highest BCUT2D eigenvalue weighted by molar-refractivity contribution is 6.76. The van der Waals surface area contributed by atoms with Gasteiger partial charge in [-0.05, 0) is 36.4 Å². The molecule has 0 aliphatic heterocycles. The van der Waals surface area contributed by atoms with Gasteiger partial charge in [0.1, 0.15) is 18.1 Å². The average molecular weight is 514 g/mol. The highest BCUT2D eigenvalue weighted by Gasteiger charge is 2.28. The van der Waals surface area contributed by atoms with E-state index in [2.05, 4.69) is 35.8 Å². The van der Waals surface area contributed by atoms with Crippen molar-refractivity contribution >= 4 is 30.7 Å². The molecule has 0 atom stereocenters. The first kappa shape index (κ1) is 25.0. The highest BCUT2D eigenvalue weighted by atomic mass is 35.5. The summed E-state index contributed by atoms with van der Waals surface area (Å²) in [5.74, 6) is 0. The van der Waals surface area contributed by atoms with Crippen LogP contribution in [0.1, 0.15) is 17.7 Å². The monoisotopic (exact) mass is 513 g/mol. The fraction of sp³-hybridized carbons (Fsp3) is 0.320. The molecule has 35 heavy (non-hydrogen) atoms. The van der Waals surface area contributed by atoms with Gasteiger partial charge in [0.15, 0.2) is 0 Å². The van der Waals surface area contributed by atoms with E-state index < -0.39 is 14.5 Å². The van der Waals surface area contributed by atoms with E-state index in [4.69, 9.17) is 16.3 Å². The number of halogens is 3. The third-order valence-corrected chi connectivity index (χ3v) is 7.66. The number of aromatic nitrogens is 4. The maximum absolute atomic E-state index is 14.1. The van der Waals surface area contributed by atoms with E-state index in [1.165, 1.54) is 4.68 Å². The van der Waals surface area contributed by atoms with Gasteiger partial charge in [-0.3, -0.25) is 4.68 Å². The minimum absolute atomic E-state index is 0.118. The molecule has 4 aromatic rings. The van der Waals surface area contributed by atoms with Crippen molar-refractivity contribution in [1.29, 1.82) is 5.26 Å². The quantitative estimate of drug-likeness (QED) is 0.190. The molecule has 0 radical (unpaired) electrons. The zero-order valence-electron chi connectivity index (χ0n) is 20.0. The maximum atomic E-state index is 14.1. The van der Waals surface area contributed by atoms with Gasteiger partial charge in [-0.1, -0.05) is 31.2 Å². The van der Waals surface area contributed by atoms with E-state index >= 15 is 0 Å². The van der Waals surface area contributed by atoms with Crippen LogP contribution in [0.15, 0.2) is 42.7 Å². The minimum Gasteiger partial charge on any atom is -0.361 e. The molecule has 0 aliphatic carbocycles. The van der Waals surface area contributed by atoms with E-state index in [0.717, 1.165) is 6.04 Å². The number of fused-ring (bicyclic) bond motifs is 1. The van der Waals surface area contributed by atoms with Gasteiger partial charge in [-0.2, -0.15) is 10.4 Å². The number of rotatable bonds is 8. The maximum Gasteiger partial charge on any atom is 0.282 e. The predicted molar refractivity (Wildman–Crippen MR) is 136 cm³/mol. The van der Waals surface area contributed by atoms with Crippen LogP contribution in [-0.4, -0.2) is 34.0 Å². The van der Waals surface area contributed by atoms with Crippen molar-refractivity contribution in [3.63, 3.8) is 0 Å². The molecule has 0 spiro atoms. The lowest BCUT2D eigenvalue weighted by Crippen LogP contribution is -2.22. The molecule has 0 saturated heterocycles. The van der Waals surface area contributed by atoms with Crippen molar-refractivity contribution in [1.82, 2.24) is 19.3 Å². The summed E-state index contributed by atoms with van der Waals surface area (Å²) in [5, 5.41) is 15.0. The zero-order chi connectivity index (χ0) is 25.3. The van der Waals surface area contributed by atoms with E-state index in [1.54, 1.807) is 48.3 Å². The summed E-state index contributed by atoms with van der Waals surface area (Å²) in [6, 6.07) is 11.7. The summed E-state index contributed by atoms with van der Waals surface area (Å²) in [5.41, 5.74) is 2.45. The third kappa shape index (κ3) is 5.15. The van der Waals surface area contributed by atoms with Crippen LogP contribution >= 0.6 is 11.6 Å². The van der Waals surface area contributed by atoms with Gasteiger partial charge < -0.3 is 9.30 Å². The standard InChI is InChI=1S/C25H26ClF2N5OSi/c1-32-14-20(22(31-32)24(27)28)23-21(19-12-17(26)8-7-16(19)13-29)18-6-5-9-30-25(18)33(23)15-34-10-11-35(2,3)4/h5-9,12,14,24H,10-11,15H2,1-4H3. The molecule has 0 N–H and O–H groups in total. The van der Waals surface area contributed by atoms with Crippen LogP contribution in [-0.2, 0) is 18.5 Å². The Morgan fingerprint density at radius 3 is 2.66 bits per heavy atom. The first-order valence-electron chi connectivity index (χ1n) is 11.2. The summed E-state index contributed by atoms with van der Waals surface area (Å²) < 4.78 is 37.4. The molecule has 182 valence electrons. The third-order valence-electron chi connectivity index (χ3n) is 5.73. The first-order valence-corrected chi connectivity index (χ1v) is 15.3. The number of alkyl halides is 2. The Hall–Kier alpha value is -3.06. The Bertz CT molecular complexity index is 1420. The molecule has 0 aliphatic rings. The van der Waals surface area contributed by atoms with Crippen LogP contribution in [0.4, 0.5) is 8.78 Å². The van der Waals surface area contributed by atoms with E-state index in [0.29, 0.717) is 45.0 Å². The zero-order valence-corrected chi connectivity index (χ0v) is 21.8. The van der Waals surface area contributed by atoms with Gasteiger partial charge in [0.25, 0.3) is 6.43 Å². The number of benzene rings is 1. The van der Waals surface area contributed by atoms with Crippen molar-refractivity contribution in [3.8, 4) is 28.5 Å². The summed E-state index contributed by atoms with van der Waals surface area (Å²) in [6.07, 6.45) is 0.421. The van der Waals surface area contributed by atoms with Crippen LogP contribution < -0.4 is 0 Å². The highest BCUT2D eigenvalue weighted by Crippen LogP contribution is 2.44. The Kier molecular flexibility index (Phi) is 7.08. The van der Waals surface area contributed by atoms with E-state index in [-0.39, 0.29) is 18.0 Å². The molecule has 0 unspecified atom stereocenters. The molecule has 0 amide bonds. The number of nitrogens with zero attached hydrogens (tertiary/aromatic N) is 5. The Labute approximate surface area is 208 Å². The second-order valence-corrected chi connectivity index (χ2v) is 15.6. The molecule has 0 bridgehead atoms. The van der Waals surface area contributed by atoms with Gasteiger partial charge in [0, 0.05) is 61.2 Å². The largest absolute Gasteiger partial charge is 0.361 e. The SMILES string of the molecule is Cn1cc(-c2c(-c3cc(Cl)ccc3C#N)c3cccnc3n2COCC[Si](C)(C)C)c(C(F)F)n1. The lowest BCUT2D eigenvalue weighted by atomic mass is 9.95. The normalized spacial score (nSPS) is 12.0. The molecular weight excluding hydrogens is 488 g/mol. The molecule has 0 fully saturated rings. The Balaban J connectivity index is 2.02. The smallest absolute Gasteiger partial charge is 0.282 e. The van der Waals surface area contributed by atoms with Crippen molar-refractivity contribution in [2.24, 2.45) is 7.05 Å². The number of nitriles is 1. The second-order valence-electron chi connectivity index (χ2n) is 9.58. The average Bonchev–Trinajstić information content (AvgIpc) is 3.34. The summed E-state index contributed by atoms with van der Waals surface area (Å²) >= 11 is 6.32. The molecular formula is C25H26ClF2N5OSi. The van der Waals surface area contributed by atoms with Crippen molar-refractivity contribution in [2.45, 2.75) is 38.8 Å². The van der Waals surface area contributed by atoms with Crippen LogP contribution in [0.25, 0.3) is 33.4 Å². The summed E-state index contributed by atoms with van der Waals surface area (Å²) in [7, 11) is 0.276. The molecule has 10 heteroatoms. The number of ether oxygens (including phenoxy) is 1. The lowest BCUT2D eigenvalue weighted by molar-refractivity contribution is 0.0908. The van der Waals surface area contributed by atoms with Crippen molar-refractivity contribution in [2.75, 3.05) is 6.61 Å². The lowest BCUT2D eigenvalue weighted by Gasteiger charge is -2.17. The van der Waals surface area contributed by atoms with Crippen LogP contribution in [0.5, 0.6) is 0 Å². The summed E-state index contributed by atoms with van der Waals surface area (Å²) in [4.78, 5) is 4.56. The molecule has 3 aromatic heterocycles. The van der Waals surface area contributed by atoms with Gasteiger partial charge in [-0.25, -0.2) is 13.8 Å². The fourth-order valence-corrected chi connectivity index (χ4v) is 4.99. The Morgan fingerprint density at radius 1 is 1.20 bits per heavy atom. The topological polar surface area (TPSA) is 68.7 Å². The first-order chi connectivity index (χ1) is 16.6. The van der Waals surface area contributed by atoms with Crippen LogP contribution in [0.3, 0.4) is 0 Å². The van der Waals surface area contributed by atoms with Crippen LogP contribution in [0, 0.1) is 11.3 Å². The number of pyridine rings is 1. The fourth-order valence-electron chi connectivity index (χ4n) is 4.06. The van der Waals surface area contributed by atoms with Crippen LogP contribution in [0.2, 0.25) is 30.7 Å².